The molecule has 2 aromatic rings. The summed E-state index contributed by atoms with van der Waals surface area (Å²) in [6, 6.07) is 14.7. The molecule has 3 heteroatoms. The van der Waals surface area contributed by atoms with Crippen LogP contribution >= 0.6 is 0 Å². The zero-order valence-corrected chi connectivity index (χ0v) is 12.2. The molecule has 0 fully saturated rings. The Hall–Kier alpha value is -2.29. The summed E-state index contributed by atoms with van der Waals surface area (Å²) in [6.45, 7) is 2.81. The summed E-state index contributed by atoms with van der Waals surface area (Å²) in [5.74, 6) is -0.207. The fraction of sp³-hybridized carbons (Fsp3) is 0.278. The molecule has 0 aliphatic carbocycles. The van der Waals surface area contributed by atoms with Gasteiger partial charge >= 0.3 is 5.97 Å². The maximum absolute atomic E-state index is 11.4. The molecule has 2 aromatic carbocycles. The number of hydrogen-bond donors (Lipinski definition) is 1. The molecule has 110 valence electrons. The van der Waals surface area contributed by atoms with Crippen LogP contribution in [0.25, 0.3) is 11.1 Å². The van der Waals surface area contributed by atoms with Gasteiger partial charge in [0.05, 0.1) is 12.2 Å². The van der Waals surface area contributed by atoms with E-state index in [4.69, 9.17) is 4.74 Å². The summed E-state index contributed by atoms with van der Waals surface area (Å²) in [4.78, 5) is 11.4. The third kappa shape index (κ3) is 4.09. The molecular weight excluding hydrogens is 264 g/mol. The zero-order valence-electron chi connectivity index (χ0n) is 12.2. The smallest absolute Gasteiger partial charge is 0.336 e. The van der Waals surface area contributed by atoms with Gasteiger partial charge in [-0.25, -0.2) is 4.79 Å². The summed E-state index contributed by atoms with van der Waals surface area (Å²) >= 11 is 0. The summed E-state index contributed by atoms with van der Waals surface area (Å²) in [5, 5.41) is 9.32. The average molecular weight is 284 g/mol. The van der Waals surface area contributed by atoms with Crippen LogP contribution in [0.1, 0.15) is 36.5 Å². The minimum absolute atomic E-state index is 0.294. The lowest BCUT2D eigenvalue weighted by molar-refractivity contribution is 0.0697. The zero-order chi connectivity index (χ0) is 15.1. The second kappa shape index (κ2) is 7.48. The monoisotopic (exact) mass is 284 g/mol. The van der Waals surface area contributed by atoms with Crippen LogP contribution < -0.4 is 4.74 Å². The van der Waals surface area contributed by atoms with Crippen LogP contribution in [0.15, 0.2) is 48.5 Å². The lowest BCUT2D eigenvalue weighted by atomic mass is 9.99. The minimum atomic E-state index is -0.925. The Morgan fingerprint density at radius 3 is 2.52 bits per heavy atom. The molecule has 0 aliphatic rings. The van der Waals surface area contributed by atoms with Crippen LogP contribution in [0.4, 0.5) is 0 Å². The van der Waals surface area contributed by atoms with E-state index in [2.05, 4.69) is 6.92 Å². The molecular formula is C18H20O3. The van der Waals surface area contributed by atoms with Crippen molar-refractivity contribution in [3.63, 3.8) is 0 Å². The van der Waals surface area contributed by atoms with E-state index >= 15 is 0 Å². The summed E-state index contributed by atoms with van der Waals surface area (Å²) in [7, 11) is 0. The third-order valence-electron chi connectivity index (χ3n) is 3.32. The Kier molecular flexibility index (Phi) is 5.38. The highest BCUT2D eigenvalue weighted by Gasteiger charge is 2.12. The second-order valence-electron chi connectivity index (χ2n) is 4.93. The molecule has 0 bridgehead atoms. The molecule has 21 heavy (non-hydrogen) atoms. The van der Waals surface area contributed by atoms with E-state index in [-0.39, 0.29) is 0 Å². The van der Waals surface area contributed by atoms with E-state index < -0.39 is 5.97 Å². The number of hydrogen-bond acceptors (Lipinski definition) is 2. The van der Waals surface area contributed by atoms with Gasteiger partial charge in [-0.15, -0.1) is 0 Å². The predicted octanol–water partition coefficient (Wildman–Crippen LogP) is 4.62. The van der Waals surface area contributed by atoms with Gasteiger partial charge in [-0.2, -0.15) is 0 Å². The summed E-state index contributed by atoms with van der Waals surface area (Å²) < 4.78 is 5.71. The summed E-state index contributed by atoms with van der Waals surface area (Å²) in [6.07, 6.45) is 3.30. The summed E-state index contributed by atoms with van der Waals surface area (Å²) in [5.41, 5.74) is 1.87. The van der Waals surface area contributed by atoms with Crippen LogP contribution in [0.5, 0.6) is 5.75 Å². The van der Waals surface area contributed by atoms with E-state index in [1.54, 1.807) is 12.1 Å². The standard InChI is InChI=1S/C18H20O3/c1-2-3-7-12-21-15-10-11-16(18(19)20)17(13-15)14-8-5-4-6-9-14/h4-6,8-11,13H,2-3,7,12H2,1H3,(H,19,20). The molecule has 0 amide bonds. The molecule has 0 aliphatic heterocycles. The number of unbranched alkanes of at least 4 members (excludes halogenated alkanes) is 2. The lowest BCUT2D eigenvalue weighted by Crippen LogP contribution is -2.02. The van der Waals surface area contributed by atoms with Crippen molar-refractivity contribution in [1.29, 1.82) is 0 Å². The van der Waals surface area contributed by atoms with Crippen LogP contribution in [-0.2, 0) is 0 Å². The molecule has 0 spiro atoms. The van der Waals surface area contributed by atoms with Crippen molar-refractivity contribution >= 4 is 5.97 Å². The van der Waals surface area contributed by atoms with Crippen molar-refractivity contribution < 1.29 is 14.6 Å². The molecule has 0 radical (unpaired) electrons. The number of aromatic carboxylic acids is 1. The van der Waals surface area contributed by atoms with Gasteiger partial charge in [-0.3, -0.25) is 0 Å². The first-order valence-corrected chi connectivity index (χ1v) is 7.28. The predicted molar refractivity (Wildman–Crippen MR) is 83.9 cm³/mol. The van der Waals surface area contributed by atoms with Gasteiger partial charge in [0.25, 0.3) is 0 Å². The normalized spacial score (nSPS) is 10.3. The Labute approximate surface area is 125 Å². The van der Waals surface area contributed by atoms with Crippen molar-refractivity contribution in [3.05, 3.63) is 54.1 Å². The van der Waals surface area contributed by atoms with E-state index in [0.717, 1.165) is 30.6 Å². The van der Waals surface area contributed by atoms with Crippen LogP contribution in [0.2, 0.25) is 0 Å². The minimum Gasteiger partial charge on any atom is -0.494 e. The van der Waals surface area contributed by atoms with Crippen LogP contribution in [0, 0.1) is 0 Å². The molecule has 0 aromatic heterocycles. The molecule has 0 heterocycles. The maximum Gasteiger partial charge on any atom is 0.336 e. The van der Waals surface area contributed by atoms with Gasteiger partial charge in [0.15, 0.2) is 0 Å². The fourth-order valence-corrected chi connectivity index (χ4v) is 2.20. The molecule has 3 nitrogen and oxygen atoms in total. The van der Waals surface area contributed by atoms with Gasteiger partial charge < -0.3 is 9.84 Å². The molecule has 0 unspecified atom stereocenters. The Morgan fingerprint density at radius 2 is 1.86 bits per heavy atom. The maximum atomic E-state index is 11.4. The molecule has 0 saturated carbocycles. The Morgan fingerprint density at radius 1 is 1.10 bits per heavy atom. The Balaban J connectivity index is 2.25. The van der Waals surface area contributed by atoms with E-state index in [0.29, 0.717) is 17.7 Å². The highest BCUT2D eigenvalue weighted by Crippen LogP contribution is 2.28. The number of ether oxygens (including phenoxy) is 1. The molecule has 1 N–H and O–H groups in total. The largest absolute Gasteiger partial charge is 0.494 e. The first-order chi connectivity index (χ1) is 10.2. The van der Waals surface area contributed by atoms with Crippen LogP contribution in [0.3, 0.4) is 0 Å². The molecule has 0 saturated heterocycles. The molecule has 2 rings (SSSR count). The lowest BCUT2D eigenvalue weighted by Gasteiger charge is -2.11. The van der Waals surface area contributed by atoms with Gasteiger partial charge in [0, 0.05) is 0 Å². The van der Waals surface area contributed by atoms with Crippen molar-refractivity contribution in [2.24, 2.45) is 0 Å². The van der Waals surface area contributed by atoms with Gasteiger partial charge in [0.1, 0.15) is 5.75 Å². The van der Waals surface area contributed by atoms with E-state index in [1.807, 2.05) is 36.4 Å². The van der Waals surface area contributed by atoms with Gasteiger partial charge in [-0.1, -0.05) is 50.1 Å². The molecule has 0 atom stereocenters. The van der Waals surface area contributed by atoms with E-state index in [1.165, 1.54) is 0 Å². The number of carbonyl (C=O) groups is 1. The van der Waals surface area contributed by atoms with E-state index in [9.17, 15) is 9.90 Å². The number of carboxylic acid groups (broad SMARTS) is 1. The van der Waals surface area contributed by atoms with Crippen molar-refractivity contribution in [2.45, 2.75) is 26.2 Å². The second-order valence-corrected chi connectivity index (χ2v) is 4.93. The quantitative estimate of drug-likeness (QED) is 0.754. The first kappa shape index (κ1) is 15.1. The fourth-order valence-electron chi connectivity index (χ4n) is 2.20. The highest BCUT2D eigenvalue weighted by molar-refractivity contribution is 5.96. The van der Waals surface area contributed by atoms with Crippen molar-refractivity contribution in [2.75, 3.05) is 6.61 Å². The van der Waals surface area contributed by atoms with Crippen LogP contribution in [-0.4, -0.2) is 17.7 Å². The SMILES string of the molecule is CCCCCOc1ccc(C(=O)O)c(-c2ccccc2)c1. The highest BCUT2D eigenvalue weighted by atomic mass is 16.5. The van der Waals surface area contributed by atoms with Gasteiger partial charge in [-0.05, 0) is 35.7 Å². The average Bonchev–Trinajstić information content (AvgIpc) is 2.52. The number of carboxylic acids is 1. The first-order valence-electron chi connectivity index (χ1n) is 7.28. The van der Waals surface area contributed by atoms with Gasteiger partial charge in [0.2, 0.25) is 0 Å². The Bertz CT molecular complexity index is 591. The number of benzene rings is 2. The third-order valence-corrected chi connectivity index (χ3v) is 3.32. The number of rotatable bonds is 7. The van der Waals surface area contributed by atoms with Crippen molar-refractivity contribution in [3.8, 4) is 16.9 Å². The topological polar surface area (TPSA) is 46.5 Å². The van der Waals surface area contributed by atoms with Crippen molar-refractivity contribution in [1.82, 2.24) is 0 Å².